The van der Waals surface area contributed by atoms with E-state index in [0.717, 1.165) is 35.4 Å². The van der Waals surface area contributed by atoms with E-state index in [4.69, 9.17) is 4.74 Å². The van der Waals surface area contributed by atoms with Gasteiger partial charge in [0.1, 0.15) is 11.8 Å². The summed E-state index contributed by atoms with van der Waals surface area (Å²) in [5.41, 5.74) is 4.21. The van der Waals surface area contributed by atoms with Crippen molar-refractivity contribution in [1.82, 2.24) is 5.32 Å². The number of benzene rings is 3. The van der Waals surface area contributed by atoms with Gasteiger partial charge >= 0.3 is 0 Å². The first kappa shape index (κ1) is 24.5. The van der Waals surface area contributed by atoms with Crippen molar-refractivity contribution in [1.29, 1.82) is 0 Å². The SMILES string of the molecule is CC[C@@H](C)C(=O)N[C@H]1CCc2ccc(OCCc3ccccc3)cc2N(Cc2ccccc2)C1=O. The molecule has 0 spiro atoms. The fourth-order valence-corrected chi connectivity index (χ4v) is 4.32. The predicted molar refractivity (Wildman–Crippen MR) is 139 cm³/mol. The van der Waals surface area contributed by atoms with Crippen LogP contribution in [0.15, 0.2) is 78.9 Å². The van der Waals surface area contributed by atoms with Gasteiger partial charge in [-0.2, -0.15) is 0 Å². The summed E-state index contributed by atoms with van der Waals surface area (Å²) in [6, 6.07) is 25.7. The van der Waals surface area contributed by atoms with E-state index < -0.39 is 6.04 Å². The summed E-state index contributed by atoms with van der Waals surface area (Å²) in [5, 5.41) is 3.02. The number of fused-ring (bicyclic) bond motifs is 1. The molecule has 0 bridgehead atoms. The number of aryl methyl sites for hydroxylation is 1. The molecule has 0 unspecified atom stereocenters. The summed E-state index contributed by atoms with van der Waals surface area (Å²) in [6.45, 7) is 4.88. The fourth-order valence-electron chi connectivity index (χ4n) is 4.32. The number of hydrogen-bond acceptors (Lipinski definition) is 3. The van der Waals surface area contributed by atoms with Crippen molar-refractivity contribution < 1.29 is 14.3 Å². The second-order valence-corrected chi connectivity index (χ2v) is 9.19. The van der Waals surface area contributed by atoms with E-state index in [1.54, 1.807) is 0 Å². The summed E-state index contributed by atoms with van der Waals surface area (Å²) in [4.78, 5) is 28.2. The van der Waals surface area contributed by atoms with Crippen LogP contribution in [0.4, 0.5) is 5.69 Å². The molecule has 3 aromatic rings. The van der Waals surface area contributed by atoms with Gasteiger partial charge in [-0.3, -0.25) is 9.59 Å². The Balaban J connectivity index is 1.57. The number of carbonyl (C=O) groups is 2. The average molecular weight is 471 g/mol. The molecular formula is C30H34N2O3. The van der Waals surface area contributed by atoms with Gasteiger partial charge in [-0.1, -0.05) is 80.6 Å². The number of ether oxygens (including phenoxy) is 1. The summed E-state index contributed by atoms with van der Waals surface area (Å²) < 4.78 is 6.08. The lowest BCUT2D eigenvalue weighted by atomic mass is 10.0. The van der Waals surface area contributed by atoms with Crippen molar-refractivity contribution in [2.45, 2.75) is 52.1 Å². The number of rotatable bonds is 9. The molecule has 1 heterocycles. The van der Waals surface area contributed by atoms with Crippen LogP contribution in [0, 0.1) is 5.92 Å². The highest BCUT2D eigenvalue weighted by atomic mass is 16.5. The zero-order chi connectivity index (χ0) is 24.6. The van der Waals surface area contributed by atoms with Crippen LogP contribution in [0.1, 0.15) is 43.4 Å². The molecule has 2 atom stereocenters. The van der Waals surface area contributed by atoms with Crippen LogP contribution in [0.25, 0.3) is 0 Å². The second-order valence-electron chi connectivity index (χ2n) is 9.19. The smallest absolute Gasteiger partial charge is 0.249 e. The summed E-state index contributed by atoms with van der Waals surface area (Å²) in [5.74, 6) is 0.473. The van der Waals surface area contributed by atoms with Gasteiger partial charge in [0.15, 0.2) is 0 Å². The molecule has 1 N–H and O–H groups in total. The van der Waals surface area contributed by atoms with Gasteiger partial charge in [0.05, 0.1) is 18.8 Å². The number of nitrogens with one attached hydrogen (secondary N) is 1. The largest absolute Gasteiger partial charge is 0.493 e. The van der Waals surface area contributed by atoms with E-state index in [1.807, 2.05) is 79.4 Å². The quantitative estimate of drug-likeness (QED) is 0.461. The highest BCUT2D eigenvalue weighted by Gasteiger charge is 2.32. The molecular weight excluding hydrogens is 436 g/mol. The number of nitrogens with zero attached hydrogens (tertiary/aromatic N) is 1. The molecule has 35 heavy (non-hydrogen) atoms. The molecule has 0 aromatic heterocycles. The van der Waals surface area contributed by atoms with Gasteiger partial charge in [0.25, 0.3) is 0 Å². The molecule has 1 aliphatic heterocycles. The lowest BCUT2D eigenvalue weighted by Gasteiger charge is -2.27. The van der Waals surface area contributed by atoms with Crippen LogP contribution in [-0.4, -0.2) is 24.5 Å². The molecule has 5 heteroatoms. The van der Waals surface area contributed by atoms with E-state index in [9.17, 15) is 9.59 Å². The van der Waals surface area contributed by atoms with Gasteiger partial charge in [0.2, 0.25) is 11.8 Å². The molecule has 0 radical (unpaired) electrons. The van der Waals surface area contributed by atoms with E-state index in [-0.39, 0.29) is 17.7 Å². The minimum absolute atomic E-state index is 0.0681. The molecule has 0 fully saturated rings. The molecule has 3 aromatic carbocycles. The lowest BCUT2D eigenvalue weighted by Crippen LogP contribution is -2.49. The van der Waals surface area contributed by atoms with Gasteiger partial charge in [-0.15, -0.1) is 0 Å². The van der Waals surface area contributed by atoms with Crippen molar-refractivity contribution in [3.05, 3.63) is 95.6 Å². The van der Waals surface area contributed by atoms with Crippen LogP contribution in [-0.2, 0) is 29.0 Å². The first-order chi connectivity index (χ1) is 17.0. The lowest BCUT2D eigenvalue weighted by molar-refractivity contribution is -0.129. The number of amides is 2. The Labute approximate surface area is 208 Å². The van der Waals surface area contributed by atoms with E-state index in [0.29, 0.717) is 26.0 Å². The monoisotopic (exact) mass is 470 g/mol. The third-order valence-corrected chi connectivity index (χ3v) is 6.68. The van der Waals surface area contributed by atoms with Crippen molar-refractivity contribution in [2.24, 2.45) is 5.92 Å². The first-order valence-electron chi connectivity index (χ1n) is 12.5. The molecule has 0 aliphatic carbocycles. The third-order valence-electron chi connectivity index (χ3n) is 6.68. The van der Waals surface area contributed by atoms with Crippen LogP contribution in [0.5, 0.6) is 5.75 Å². The second kappa shape index (κ2) is 11.7. The maximum Gasteiger partial charge on any atom is 0.249 e. The fraction of sp³-hybridized carbons (Fsp3) is 0.333. The minimum atomic E-state index is -0.546. The maximum atomic E-state index is 13.7. The van der Waals surface area contributed by atoms with Crippen LogP contribution >= 0.6 is 0 Å². The topological polar surface area (TPSA) is 58.6 Å². The Hall–Kier alpha value is -3.60. The Bertz CT molecular complexity index is 1130. The van der Waals surface area contributed by atoms with E-state index >= 15 is 0 Å². The normalized spacial score (nSPS) is 16.2. The van der Waals surface area contributed by atoms with Gasteiger partial charge in [-0.25, -0.2) is 0 Å². The van der Waals surface area contributed by atoms with Crippen LogP contribution in [0.3, 0.4) is 0 Å². The zero-order valence-electron chi connectivity index (χ0n) is 20.6. The van der Waals surface area contributed by atoms with Gasteiger partial charge in [-0.05, 0) is 42.0 Å². The van der Waals surface area contributed by atoms with Crippen molar-refractivity contribution in [3.63, 3.8) is 0 Å². The summed E-state index contributed by atoms with van der Waals surface area (Å²) >= 11 is 0. The average Bonchev–Trinajstić information content (AvgIpc) is 3.01. The Morgan fingerprint density at radius 1 is 1.03 bits per heavy atom. The Morgan fingerprint density at radius 2 is 1.71 bits per heavy atom. The molecule has 0 saturated carbocycles. The number of anilines is 1. The maximum absolute atomic E-state index is 13.7. The highest BCUT2D eigenvalue weighted by Crippen LogP contribution is 2.32. The summed E-state index contributed by atoms with van der Waals surface area (Å²) in [7, 11) is 0. The Kier molecular flexibility index (Phi) is 8.19. The first-order valence-corrected chi connectivity index (χ1v) is 12.5. The zero-order valence-corrected chi connectivity index (χ0v) is 20.6. The van der Waals surface area contributed by atoms with E-state index in [2.05, 4.69) is 23.5 Å². The predicted octanol–water partition coefficient (Wildman–Crippen LogP) is 5.32. The Morgan fingerprint density at radius 3 is 2.40 bits per heavy atom. The third kappa shape index (κ3) is 6.30. The molecule has 182 valence electrons. The van der Waals surface area contributed by atoms with Gasteiger partial charge in [0, 0.05) is 18.4 Å². The summed E-state index contributed by atoms with van der Waals surface area (Å²) in [6.07, 6.45) is 2.84. The highest BCUT2D eigenvalue weighted by molar-refractivity contribution is 6.00. The number of hydrogen-bond donors (Lipinski definition) is 1. The molecule has 2 amide bonds. The van der Waals surface area contributed by atoms with Crippen molar-refractivity contribution in [3.8, 4) is 5.75 Å². The van der Waals surface area contributed by atoms with Gasteiger partial charge < -0.3 is 15.0 Å². The van der Waals surface area contributed by atoms with Crippen molar-refractivity contribution >= 4 is 17.5 Å². The van der Waals surface area contributed by atoms with Crippen LogP contribution < -0.4 is 15.0 Å². The van der Waals surface area contributed by atoms with E-state index in [1.165, 1.54) is 5.56 Å². The number of carbonyl (C=O) groups excluding carboxylic acids is 2. The van der Waals surface area contributed by atoms with Crippen molar-refractivity contribution in [2.75, 3.05) is 11.5 Å². The standard InChI is InChI=1S/C30H34N2O3/c1-3-22(2)29(33)31-27-17-15-25-14-16-26(35-19-18-23-10-6-4-7-11-23)20-28(25)32(30(27)34)21-24-12-8-5-9-13-24/h4-14,16,20,22,27H,3,15,17-19,21H2,1-2H3,(H,31,33)/t22-,27+/m1/s1. The molecule has 1 aliphatic rings. The van der Waals surface area contributed by atoms with Crippen LogP contribution in [0.2, 0.25) is 0 Å². The molecule has 0 saturated heterocycles. The molecule has 4 rings (SSSR count). The molecule has 5 nitrogen and oxygen atoms in total. The minimum Gasteiger partial charge on any atom is -0.493 e.